The molecule has 2 aromatic rings. The predicted molar refractivity (Wildman–Crippen MR) is 98.4 cm³/mol. The lowest BCUT2D eigenvalue weighted by atomic mass is 10.1. The van der Waals surface area contributed by atoms with Gasteiger partial charge in [-0.3, -0.25) is 4.79 Å². The molecule has 0 spiro atoms. The first kappa shape index (κ1) is 17.7. The smallest absolute Gasteiger partial charge is 0.226 e. The second-order valence-electron chi connectivity index (χ2n) is 6.00. The monoisotopic (exact) mass is 361 g/mol. The summed E-state index contributed by atoms with van der Waals surface area (Å²) < 4.78 is 10.6. The van der Waals surface area contributed by atoms with Crippen molar-refractivity contribution in [3.63, 3.8) is 0 Å². The Morgan fingerprint density at radius 2 is 2.20 bits per heavy atom. The highest BCUT2D eigenvalue weighted by Crippen LogP contribution is 2.33. The van der Waals surface area contributed by atoms with E-state index in [-0.39, 0.29) is 11.9 Å². The lowest BCUT2D eigenvalue weighted by Gasteiger charge is -2.23. The van der Waals surface area contributed by atoms with E-state index in [0.29, 0.717) is 17.9 Å². The second kappa shape index (κ2) is 8.31. The first-order valence-electron chi connectivity index (χ1n) is 8.36. The van der Waals surface area contributed by atoms with Crippen LogP contribution in [0.3, 0.4) is 0 Å². The first-order chi connectivity index (χ1) is 12.2. The van der Waals surface area contributed by atoms with E-state index >= 15 is 0 Å². The standard InChI is InChI=1S/C18H23N3O3S/c1-23-15-6-5-12(8-16(15)24-2)18-21-14(11-25-18)9-17(22)20-13-4-3-7-19-10-13/h5-6,8,11,13,19H,3-4,7,9-10H2,1-2H3,(H,20,22). The van der Waals surface area contributed by atoms with Crippen LogP contribution in [0.15, 0.2) is 23.6 Å². The van der Waals surface area contributed by atoms with E-state index in [2.05, 4.69) is 15.6 Å². The molecule has 0 aliphatic carbocycles. The van der Waals surface area contributed by atoms with Crippen molar-refractivity contribution in [3.8, 4) is 22.1 Å². The number of piperidine rings is 1. The number of methoxy groups -OCH3 is 2. The van der Waals surface area contributed by atoms with Crippen molar-refractivity contribution in [2.24, 2.45) is 0 Å². The Morgan fingerprint density at radius 1 is 1.36 bits per heavy atom. The maximum absolute atomic E-state index is 12.2. The molecule has 0 radical (unpaired) electrons. The maximum Gasteiger partial charge on any atom is 0.226 e. The van der Waals surface area contributed by atoms with E-state index < -0.39 is 0 Å². The van der Waals surface area contributed by atoms with Gasteiger partial charge in [0.25, 0.3) is 0 Å². The number of ether oxygens (including phenoxy) is 2. The fourth-order valence-electron chi connectivity index (χ4n) is 2.91. The number of benzene rings is 1. The highest BCUT2D eigenvalue weighted by atomic mass is 32.1. The van der Waals surface area contributed by atoms with Crippen LogP contribution < -0.4 is 20.1 Å². The summed E-state index contributed by atoms with van der Waals surface area (Å²) in [6, 6.07) is 5.93. The summed E-state index contributed by atoms with van der Waals surface area (Å²) in [5.41, 5.74) is 1.74. The predicted octanol–water partition coefficient (Wildman–Crippen LogP) is 2.24. The zero-order valence-corrected chi connectivity index (χ0v) is 15.3. The van der Waals surface area contributed by atoms with Crippen molar-refractivity contribution in [2.45, 2.75) is 25.3 Å². The minimum absolute atomic E-state index is 0.0258. The van der Waals surface area contributed by atoms with Crippen molar-refractivity contribution in [2.75, 3.05) is 27.3 Å². The van der Waals surface area contributed by atoms with Crippen LogP contribution in [0.1, 0.15) is 18.5 Å². The normalized spacial score (nSPS) is 17.1. The molecule has 0 bridgehead atoms. The maximum atomic E-state index is 12.2. The van der Waals surface area contributed by atoms with Gasteiger partial charge in [0.15, 0.2) is 11.5 Å². The van der Waals surface area contributed by atoms with E-state index in [1.165, 1.54) is 11.3 Å². The number of rotatable bonds is 6. The van der Waals surface area contributed by atoms with Crippen molar-refractivity contribution in [1.29, 1.82) is 0 Å². The van der Waals surface area contributed by atoms with E-state index in [1.807, 2.05) is 23.6 Å². The van der Waals surface area contributed by atoms with Crippen LogP contribution in [0.25, 0.3) is 10.6 Å². The van der Waals surface area contributed by atoms with Gasteiger partial charge in [-0.2, -0.15) is 0 Å². The Balaban J connectivity index is 1.64. The highest BCUT2D eigenvalue weighted by Gasteiger charge is 2.17. The number of carbonyl (C=O) groups excluding carboxylic acids is 1. The second-order valence-corrected chi connectivity index (χ2v) is 6.86. The number of hydrogen-bond acceptors (Lipinski definition) is 6. The molecule has 1 atom stereocenters. The van der Waals surface area contributed by atoms with Crippen LogP contribution in [-0.4, -0.2) is 44.2 Å². The molecule has 1 unspecified atom stereocenters. The number of aromatic nitrogens is 1. The molecule has 1 aliphatic heterocycles. The first-order valence-corrected chi connectivity index (χ1v) is 9.24. The summed E-state index contributed by atoms with van der Waals surface area (Å²) in [6.45, 7) is 1.88. The number of amides is 1. The van der Waals surface area contributed by atoms with Gasteiger partial charge in [0.2, 0.25) is 5.91 Å². The molecule has 134 valence electrons. The Bertz CT molecular complexity index is 726. The topological polar surface area (TPSA) is 72.5 Å². The minimum atomic E-state index is 0.0258. The molecule has 25 heavy (non-hydrogen) atoms. The Labute approximate surface area is 151 Å². The van der Waals surface area contributed by atoms with Crippen LogP contribution in [0.5, 0.6) is 11.5 Å². The third kappa shape index (κ3) is 4.49. The Hall–Kier alpha value is -2.12. The number of hydrogen-bond donors (Lipinski definition) is 2. The number of thiazole rings is 1. The highest BCUT2D eigenvalue weighted by molar-refractivity contribution is 7.13. The van der Waals surface area contributed by atoms with Gasteiger partial charge < -0.3 is 20.1 Å². The number of nitrogens with one attached hydrogen (secondary N) is 2. The molecule has 6 nitrogen and oxygen atoms in total. The average Bonchev–Trinajstić information content (AvgIpc) is 3.10. The summed E-state index contributed by atoms with van der Waals surface area (Å²) in [6.07, 6.45) is 2.44. The summed E-state index contributed by atoms with van der Waals surface area (Å²) in [5.74, 6) is 1.38. The average molecular weight is 361 g/mol. The summed E-state index contributed by atoms with van der Waals surface area (Å²) in [5, 5.41) is 9.17. The Kier molecular flexibility index (Phi) is 5.88. The van der Waals surface area contributed by atoms with E-state index in [9.17, 15) is 4.79 Å². The summed E-state index contributed by atoms with van der Waals surface area (Å²) in [4.78, 5) is 16.8. The zero-order chi connectivity index (χ0) is 17.6. The Morgan fingerprint density at radius 3 is 2.92 bits per heavy atom. The molecule has 1 fully saturated rings. The van der Waals surface area contributed by atoms with Crippen molar-refractivity contribution in [3.05, 3.63) is 29.3 Å². The van der Waals surface area contributed by atoms with Crippen LogP contribution in [0.4, 0.5) is 0 Å². The quantitative estimate of drug-likeness (QED) is 0.826. The number of nitrogens with zero attached hydrogens (tertiary/aromatic N) is 1. The van der Waals surface area contributed by atoms with Crippen LogP contribution in [-0.2, 0) is 11.2 Å². The SMILES string of the molecule is COc1ccc(-c2nc(CC(=O)NC3CCCNC3)cs2)cc1OC. The lowest BCUT2D eigenvalue weighted by Crippen LogP contribution is -2.46. The van der Waals surface area contributed by atoms with Gasteiger partial charge in [-0.15, -0.1) is 11.3 Å². The van der Waals surface area contributed by atoms with Gasteiger partial charge in [-0.05, 0) is 37.6 Å². The van der Waals surface area contributed by atoms with Gasteiger partial charge >= 0.3 is 0 Å². The fourth-order valence-corrected chi connectivity index (χ4v) is 3.72. The van der Waals surface area contributed by atoms with E-state index in [0.717, 1.165) is 42.2 Å². The number of carbonyl (C=O) groups is 1. The molecule has 1 saturated heterocycles. The minimum Gasteiger partial charge on any atom is -0.493 e. The van der Waals surface area contributed by atoms with Crippen molar-refractivity contribution < 1.29 is 14.3 Å². The molecule has 1 amide bonds. The molecule has 2 heterocycles. The molecule has 3 rings (SSSR count). The van der Waals surface area contributed by atoms with Crippen molar-refractivity contribution >= 4 is 17.2 Å². The molecule has 1 aromatic carbocycles. The van der Waals surface area contributed by atoms with E-state index in [4.69, 9.17) is 9.47 Å². The fraction of sp³-hybridized carbons (Fsp3) is 0.444. The molecular formula is C18H23N3O3S. The largest absolute Gasteiger partial charge is 0.493 e. The van der Waals surface area contributed by atoms with Gasteiger partial charge in [-0.1, -0.05) is 0 Å². The van der Waals surface area contributed by atoms with Crippen LogP contribution in [0, 0.1) is 0 Å². The van der Waals surface area contributed by atoms with Crippen LogP contribution in [0.2, 0.25) is 0 Å². The third-order valence-electron chi connectivity index (χ3n) is 4.19. The van der Waals surface area contributed by atoms with Crippen molar-refractivity contribution in [1.82, 2.24) is 15.6 Å². The molecule has 1 aliphatic rings. The molecule has 0 saturated carbocycles. The van der Waals surface area contributed by atoms with E-state index in [1.54, 1.807) is 14.2 Å². The molecular weight excluding hydrogens is 338 g/mol. The molecule has 2 N–H and O–H groups in total. The van der Waals surface area contributed by atoms with Gasteiger partial charge in [0, 0.05) is 23.5 Å². The van der Waals surface area contributed by atoms with Gasteiger partial charge in [-0.25, -0.2) is 4.98 Å². The molecule has 1 aromatic heterocycles. The zero-order valence-electron chi connectivity index (χ0n) is 14.5. The lowest BCUT2D eigenvalue weighted by molar-refractivity contribution is -0.121. The molecule has 7 heteroatoms. The third-order valence-corrected chi connectivity index (χ3v) is 5.13. The van der Waals surface area contributed by atoms with Gasteiger partial charge in [0.05, 0.1) is 26.3 Å². The van der Waals surface area contributed by atoms with Crippen LogP contribution >= 0.6 is 11.3 Å². The van der Waals surface area contributed by atoms with Gasteiger partial charge in [0.1, 0.15) is 5.01 Å². The summed E-state index contributed by atoms with van der Waals surface area (Å²) >= 11 is 1.52. The summed E-state index contributed by atoms with van der Waals surface area (Å²) in [7, 11) is 3.22.